The first-order valence-corrected chi connectivity index (χ1v) is 11.1. The van der Waals surface area contributed by atoms with E-state index in [0.29, 0.717) is 21.9 Å². The lowest BCUT2D eigenvalue weighted by Crippen LogP contribution is -2.21. The Bertz CT molecular complexity index is 1630. The van der Waals surface area contributed by atoms with Crippen LogP contribution in [0, 0.1) is 0 Å². The van der Waals surface area contributed by atoms with Gasteiger partial charge in [0.2, 0.25) is 0 Å². The molecule has 5 aromatic rings. The van der Waals surface area contributed by atoms with Crippen molar-refractivity contribution in [2.24, 2.45) is 0 Å². The zero-order valence-electron chi connectivity index (χ0n) is 19.2. The third-order valence-corrected chi connectivity index (χ3v) is 6.24. The molecule has 0 saturated heterocycles. The molecular weight excluding hydrogens is 428 g/mol. The SMILES string of the molecule is CC(C)(C)c1ccc(C(c2c(O)c3ccccc3oc2=O)c2coc3ccccc3c2=O)cc1. The smallest absolute Gasteiger partial charge is 0.344 e. The Hall–Kier alpha value is -4.12. The van der Waals surface area contributed by atoms with Gasteiger partial charge in [-0.25, -0.2) is 4.79 Å². The van der Waals surface area contributed by atoms with Crippen molar-refractivity contribution in [3.05, 3.63) is 122 Å². The Balaban J connectivity index is 1.83. The second-order valence-electron chi connectivity index (χ2n) is 9.47. The lowest BCUT2D eigenvalue weighted by atomic mass is 9.82. The first-order valence-electron chi connectivity index (χ1n) is 11.1. The highest BCUT2D eigenvalue weighted by atomic mass is 16.4. The van der Waals surface area contributed by atoms with Crippen LogP contribution in [0.25, 0.3) is 21.9 Å². The van der Waals surface area contributed by atoms with Crippen LogP contribution in [0.2, 0.25) is 0 Å². The van der Waals surface area contributed by atoms with E-state index in [1.807, 2.05) is 24.3 Å². The van der Waals surface area contributed by atoms with Gasteiger partial charge in [-0.15, -0.1) is 0 Å². The molecule has 34 heavy (non-hydrogen) atoms. The highest BCUT2D eigenvalue weighted by molar-refractivity contribution is 5.85. The summed E-state index contributed by atoms with van der Waals surface area (Å²) in [7, 11) is 0. The lowest BCUT2D eigenvalue weighted by molar-refractivity contribution is 0.454. The summed E-state index contributed by atoms with van der Waals surface area (Å²) >= 11 is 0. The van der Waals surface area contributed by atoms with Gasteiger partial charge in [-0.3, -0.25) is 4.79 Å². The molecule has 0 saturated carbocycles. The summed E-state index contributed by atoms with van der Waals surface area (Å²) in [5, 5.41) is 12.0. The standard InChI is InChI=1S/C29H24O5/c1-29(2,3)18-14-12-17(13-15-18)24(21-16-33-22-10-6-4-8-19(22)26(21)30)25-27(31)20-9-5-7-11-23(20)34-28(25)32/h4-16,24,31H,1-3H3. The molecule has 1 N–H and O–H groups in total. The van der Waals surface area contributed by atoms with Crippen molar-refractivity contribution in [2.75, 3.05) is 0 Å². The molecule has 170 valence electrons. The molecule has 0 aliphatic carbocycles. The molecule has 1 unspecified atom stereocenters. The fourth-order valence-electron chi connectivity index (χ4n) is 4.37. The number of hydrogen-bond donors (Lipinski definition) is 1. The van der Waals surface area contributed by atoms with Gasteiger partial charge in [0.15, 0.2) is 5.43 Å². The van der Waals surface area contributed by atoms with Gasteiger partial charge in [0, 0.05) is 5.56 Å². The molecule has 0 fully saturated rings. The van der Waals surface area contributed by atoms with Crippen LogP contribution in [0.15, 0.2) is 97.5 Å². The molecule has 5 nitrogen and oxygen atoms in total. The fourth-order valence-corrected chi connectivity index (χ4v) is 4.37. The molecule has 0 bridgehead atoms. The van der Waals surface area contributed by atoms with E-state index in [1.165, 1.54) is 6.26 Å². The van der Waals surface area contributed by atoms with Crippen molar-refractivity contribution in [1.29, 1.82) is 0 Å². The molecule has 5 rings (SSSR count). The van der Waals surface area contributed by atoms with Gasteiger partial charge in [0.1, 0.15) is 16.9 Å². The van der Waals surface area contributed by atoms with Crippen molar-refractivity contribution in [1.82, 2.24) is 0 Å². The third-order valence-electron chi connectivity index (χ3n) is 6.24. The Morgan fingerprint density at radius 1 is 0.794 bits per heavy atom. The summed E-state index contributed by atoms with van der Waals surface area (Å²) in [6.45, 7) is 6.34. The third kappa shape index (κ3) is 3.59. The molecule has 0 aliphatic heterocycles. The van der Waals surface area contributed by atoms with Crippen molar-refractivity contribution in [2.45, 2.75) is 32.1 Å². The minimum Gasteiger partial charge on any atom is -0.507 e. The summed E-state index contributed by atoms with van der Waals surface area (Å²) < 4.78 is 11.3. The van der Waals surface area contributed by atoms with Crippen molar-refractivity contribution < 1.29 is 13.9 Å². The largest absolute Gasteiger partial charge is 0.507 e. The molecule has 0 spiro atoms. The molecule has 3 aromatic carbocycles. The summed E-state index contributed by atoms with van der Waals surface area (Å²) in [6, 6.07) is 21.5. The maximum Gasteiger partial charge on any atom is 0.344 e. The van der Waals surface area contributed by atoms with Crippen LogP contribution >= 0.6 is 0 Å². The predicted molar refractivity (Wildman–Crippen MR) is 133 cm³/mol. The van der Waals surface area contributed by atoms with Crippen LogP contribution in [-0.4, -0.2) is 5.11 Å². The molecule has 2 heterocycles. The van der Waals surface area contributed by atoms with E-state index in [2.05, 4.69) is 20.8 Å². The monoisotopic (exact) mass is 452 g/mol. The number of rotatable bonds is 3. The highest BCUT2D eigenvalue weighted by Gasteiger charge is 2.29. The molecule has 0 aliphatic rings. The predicted octanol–water partition coefficient (Wildman–Crippen LogP) is 6.08. The Morgan fingerprint density at radius 3 is 2.09 bits per heavy atom. The normalized spacial score (nSPS) is 12.8. The first-order chi connectivity index (χ1) is 16.3. The van der Waals surface area contributed by atoms with Gasteiger partial charge in [-0.1, -0.05) is 69.3 Å². The van der Waals surface area contributed by atoms with Gasteiger partial charge in [-0.05, 0) is 40.8 Å². The van der Waals surface area contributed by atoms with Crippen LogP contribution in [-0.2, 0) is 5.41 Å². The summed E-state index contributed by atoms with van der Waals surface area (Å²) in [5.41, 5.74) is 1.73. The molecule has 5 heteroatoms. The quantitative estimate of drug-likeness (QED) is 0.335. The average molecular weight is 453 g/mol. The second kappa shape index (κ2) is 8.03. The summed E-state index contributed by atoms with van der Waals surface area (Å²) in [5.74, 6) is -1.08. The summed E-state index contributed by atoms with van der Waals surface area (Å²) in [4.78, 5) is 26.7. The van der Waals surface area contributed by atoms with Gasteiger partial charge in [0.25, 0.3) is 0 Å². The minimum absolute atomic E-state index is 0.00443. The van der Waals surface area contributed by atoms with Crippen molar-refractivity contribution >= 4 is 21.9 Å². The van der Waals surface area contributed by atoms with Crippen LogP contribution in [0.5, 0.6) is 5.75 Å². The second-order valence-corrected chi connectivity index (χ2v) is 9.47. The van der Waals surface area contributed by atoms with E-state index in [4.69, 9.17) is 8.83 Å². The first kappa shape index (κ1) is 21.7. The number of benzene rings is 3. The maximum absolute atomic E-state index is 13.6. The van der Waals surface area contributed by atoms with Crippen molar-refractivity contribution in [3.8, 4) is 5.75 Å². The van der Waals surface area contributed by atoms with E-state index in [0.717, 1.165) is 5.56 Å². The van der Waals surface area contributed by atoms with E-state index in [9.17, 15) is 14.7 Å². The number of para-hydroxylation sites is 2. The zero-order valence-corrected chi connectivity index (χ0v) is 19.2. The van der Waals surface area contributed by atoms with Crippen LogP contribution in [0.4, 0.5) is 0 Å². The van der Waals surface area contributed by atoms with Gasteiger partial charge < -0.3 is 13.9 Å². The molecule has 2 aromatic heterocycles. The van der Waals surface area contributed by atoms with Gasteiger partial charge >= 0.3 is 5.63 Å². The summed E-state index contributed by atoms with van der Waals surface area (Å²) in [6.07, 6.45) is 1.38. The van der Waals surface area contributed by atoms with Gasteiger partial charge in [0.05, 0.1) is 28.5 Å². The topological polar surface area (TPSA) is 80.7 Å². The van der Waals surface area contributed by atoms with Crippen LogP contribution in [0.1, 0.15) is 48.9 Å². The molecular formula is C29H24O5. The lowest BCUT2D eigenvalue weighted by Gasteiger charge is -2.22. The number of aromatic hydroxyl groups is 1. The number of fused-ring (bicyclic) bond motifs is 2. The fraction of sp³-hybridized carbons (Fsp3) is 0.172. The average Bonchev–Trinajstić information content (AvgIpc) is 2.82. The Labute approximate surface area is 195 Å². The Morgan fingerprint density at radius 2 is 1.41 bits per heavy atom. The van der Waals surface area contributed by atoms with Crippen LogP contribution in [0.3, 0.4) is 0 Å². The molecule has 0 radical (unpaired) electrons. The Kier molecular flexibility index (Phi) is 5.13. The van der Waals surface area contributed by atoms with Gasteiger partial charge in [-0.2, -0.15) is 0 Å². The van der Waals surface area contributed by atoms with E-state index >= 15 is 0 Å². The van der Waals surface area contributed by atoms with E-state index < -0.39 is 11.5 Å². The number of hydrogen-bond acceptors (Lipinski definition) is 5. The highest BCUT2D eigenvalue weighted by Crippen LogP contribution is 2.38. The molecule has 1 atom stereocenters. The van der Waals surface area contributed by atoms with E-state index in [-0.39, 0.29) is 33.3 Å². The minimum atomic E-state index is -0.879. The maximum atomic E-state index is 13.6. The van der Waals surface area contributed by atoms with Crippen LogP contribution < -0.4 is 11.1 Å². The zero-order chi connectivity index (χ0) is 24.0. The molecule has 0 amide bonds. The van der Waals surface area contributed by atoms with E-state index in [1.54, 1.807) is 48.5 Å². The van der Waals surface area contributed by atoms with Crippen molar-refractivity contribution in [3.63, 3.8) is 0 Å².